The second kappa shape index (κ2) is 3.77. The van der Waals surface area contributed by atoms with Crippen LogP contribution in [0.1, 0.15) is 54.4 Å². The lowest BCUT2D eigenvalue weighted by atomic mass is 9.80. The molecule has 15 heavy (non-hydrogen) atoms. The van der Waals surface area contributed by atoms with Gasteiger partial charge in [-0.25, -0.2) is 0 Å². The van der Waals surface area contributed by atoms with Gasteiger partial charge in [-0.2, -0.15) is 0 Å². The first kappa shape index (κ1) is 12.5. The summed E-state index contributed by atoms with van der Waals surface area (Å²) < 4.78 is 0. The van der Waals surface area contributed by atoms with Crippen LogP contribution in [0, 0.1) is 16.7 Å². The van der Waals surface area contributed by atoms with Crippen molar-refractivity contribution in [3.05, 3.63) is 11.6 Å². The summed E-state index contributed by atoms with van der Waals surface area (Å²) in [6.45, 7) is 12.7. The first-order valence-electron chi connectivity index (χ1n) is 5.88. The topological polar surface area (TPSA) is 17.1 Å². The maximum atomic E-state index is 12.1. The van der Waals surface area contributed by atoms with Gasteiger partial charge in [0.05, 0.1) is 0 Å². The molecule has 0 saturated heterocycles. The smallest absolute Gasteiger partial charge is 0.163 e. The summed E-state index contributed by atoms with van der Waals surface area (Å²) in [6, 6.07) is 0. The molecule has 0 spiro atoms. The van der Waals surface area contributed by atoms with Crippen molar-refractivity contribution in [2.24, 2.45) is 16.7 Å². The summed E-state index contributed by atoms with van der Waals surface area (Å²) in [5, 5.41) is 0. The molecule has 0 bridgehead atoms. The zero-order valence-corrected chi connectivity index (χ0v) is 11.0. The van der Waals surface area contributed by atoms with Crippen molar-refractivity contribution in [1.29, 1.82) is 0 Å². The first-order valence-corrected chi connectivity index (χ1v) is 5.88. The van der Waals surface area contributed by atoms with Crippen LogP contribution in [0.5, 0.6) is 0 Å². The van der Waals surface area contributed by atoms with Gasteiger partial charge in [0, 0.05) is 5.41 Å². The van der Waals surface area contributed by atoms with Crippen molar-refractivity contribution in [2.45, 2.75) is 54.4 Å². The van der Waals surface area contributed by atoms with E-state index < -0.39 is 0 Å². The van der Waals surface area contributed by atoms with Gasteiger partial charge >= 0.3 is 0 Å². The maximum Gasteiger partial charge on any atom is 0.163 e. The minimum atomic E-state index is -0.224. The molecule has 0 heterocycles. The molecule has 0 aromatic heterocycles. The van der Waals surface area contributed by atoms with Crippen LogP contribution in [-0.2, 0) is 4.79 Å². The summed E-state index contributed by atoms with van der Waals surface area (Å²) in [5.74, 6) is 0.896. The van der Waals surface area contributed by atoms with Gasteiger partial charge in [-0.3, -0.25) is 4.79 Å². The van der Waals surface area contributed by atoms with Crippen LogP contribution in [0.15, 0.2) is 11.6 Å². The van der Waals surface area contributed by atoms with E-state index in [1.807, 2.05) is 20.8 Å². The maximum absolute atomic E-state index is 12.1. The van der Waals surface area contributed by atoms with Crippen LogP contribution in [0.3, 0.4) is 0 Å². The van der Waals surface area contributed by atoms with E-state index in [2.05, 4.69) is 26.8 Å². The third kappa shape index (κ3) is 2.93. The number of allylic oxidation sites excluding steroid dienone is 2. The summed E-state index contributed by atoms with van der Waals surface area (Å²) in [6.07, 6.45) is 4.33. The van der Waals surface area contributed by atoms with Gasteiger partial charge in [-0.1, -0.05) is 47.6 Å². The molecule has 1 nitrogen and oxygen atoms in total. The SMILES string of the molecule is CC(C)(C)C(=O)C1=CC(C(C)(C)C)CC1. The summed E-state index contributed by atoms with van der Waals surface area (Å²) in [4.78, 5) is 12.1. The van der Waals surface area contributed by atoms with Crippen LogP contribution in [0.2, 0.25) is 0 Å². The second-order valence-electron chi connectivity index (χ2n) is 6.78. The third-order valence-electron chi connectivity index (χ3n) is 3.21. The van der Waals surface area contributed by atoms with Crippen LogP contribution < -0.4 is 0 Å². The molecular weight excluding hydrogens is 184 g/mol. The molecule has 0 aromatic carbocycles. The van der Waals surface area contributed by atoms with E-state index in [0.717, 1.165) is 18.4 Å². The zero-order valence-electron chi connectivity index (χ0n) is 11.0. The minimum Gasteiger partial charge on any atom is -0.294 e. The number of carbonyl (C=O) groups excluding carboxylic acids is 1. The normalized spacial score (nSPS) is 22.8. The molecule has 0 aliphatic heterocycles. The van der Waals surface area contributed by atoms with Crippen LogP contribution in [-0.4, -0.2) is 5.78 Å². The molecule has 1 atom stereocenters. The predicted octanol–water partition coefficient (Wildman–Crippen LogP) is 3.98. The van der Waals surface area contributed by atoms with E-state index in [-0.39, 0.29) is 5.41 Å². The second-order valence-corrected chi connectivity index (χ2v) is 6.78. The summed E-state index contributed by atoms with van der Waals surface area (Å²) >= 11 is 0. The number of hydrogen-bond donors (Lipinski definition) is 0. The minimum absolute atomic E-state index is 0.224. The van der Waals surface area contributed by atoms with Crippen molar-refractivity contribution in [1.82, 2.24) is 0 Å². The van der Waals surface area contributed by atoms with Crippen molar-refractivity contribution in [3.63, 3.8) is 0 Å². The highest BCUT2D eigenvalue weighted by Gasteiger charge is 2.32. The van der Waals surface area contributed by atoms with Gasteiger partial charge in [0.15, 0.2) is 5.78 Å². The molecule has 1 unspecified atom stereocenters. The number of Topliss-reactive ketones (excluding diaryl/α,β-unsaturated/α-hetero) is 1. The Morgan fingerprint density at radius 3 is 2.07 bits per heavy atom. The number of rotatable bonds is 1. The molecule has 0 fully saturated rings. The third-order valence-corrected chi connectivity index (χ3v) is 3.21. The molecule has 1 aliphatic carbocycles. The molecular formula is C14H24O. The lowest BCUT2D eigenvalue weighted by molar-refractivity contribution is -0.122. The zero-order chi connectivity index (χ0) is 11.9. The van der Waals surface area contributed by atoms with Crippen molar-refractivity contribution in [2.75, 3.05) is 0 Å². The largest absolute Gasteiger partial charge is 0.294 e. The lowest BCUT2D eigenvalue weighted by Crippen LogP contribution is -2.21. The fourth-order valence-electron chi connectivity index (χ4n) is 2.07. The Labute approximate surface area is 93.9 Å². The molecule has 1 rings (SSSR count). The van der Waals surface area contributed by atoms with Gasteiger partial charge in [0.2, 0.25) is 0 Å². The average Bonchev–Trinajstić information content (AvgIpc) is 2.47. The van der Waals surface area contributed by atoms with Gasteiger partial charge in [-0.05, 0) is 29.7 Å². The van der Waals surface area contributed by atoms with E-state index >= 15 is 0 Å². The number of hydrogen-bond acceptors (Lipinski definition) is 1. The Bertz CT molecular complexity index is 283. The Kier molecular flexibility index (Phi) is 3.14. The van der Waals surface area contributed by atoms with Gasteiger partial charge in [-0.15, -0.1) is 0 Å². The number of carbonyl (C=O) groups is 1. The van der Waals surface area contributed by atoms with Crippen molar-refractivity contribution in [3.8, 4) is 0 Å². The Hall–Kier alpha value is -0.590. The Balaban J connectivity index is 2.81. The van der Waals surface area contributed by atoms with Crippen LogP contribution >= 0.6 is 0 Å². The summed E-state index contributed by atoms with van der Waals surface area (Å²) in [5.41, 5.74) is 1.13. The molecule has 1 aliphatic rings. The molecule has 0 amide bonds. The summed E-state index contributed by atoms with van der Waals surface area (Å²) in [7, 11) is 0. The van der Waals surface area contributed by atoms with Crippen LogP contribution in [0.4, 0.5) is 0 Å². The lowest BCUT2D eigenvalue weighted by Gasteiger charge is -2.24. The fraction of sp³-hybridized carbons (Fsp3) is 0.786. The molecule has 0 saturated carbocycles. The fourth-order valence-corrected chi connectivity index (χ4v) is 2.07. The average molecular weight is 208 g/mol. The predicted molar refractivity (Wildman–Crippen MR) is 64.7 cm³/mol. The molecule has 0 radical (unpaired) electrons. The van der Waals surface area contributed by atoms with E-state index in [1.54, 1.807) is 0 Å². The highest BCUT2D eigenvalue weighted by atomic mass is 16.1. The number of ketones is 1. The van der Waals surface area contributed by atoms with Gasteiger partial charge < -0.3 is 0 Å². The standard InChI is InChI=1S/C14H24O/c1-13(2,3)11-8-7-10(9-11)12(15)14(4,5)6/h9,11H,7-8H2,1-6H3. The highest BCUT2D eigenvalue weighted by molar-refractivity contribution is 5.99. The van der Waals surface area contributed by atoms with E-state index in [0.29, 0.717) is 17.1 Å². The van der Waals surface area contributed by atoms with Crippen molar-refractivity contribution < 1.29 is 4.79 Å². The molecule has 1 heteroatoms. The van der Waals surface area contributed by atoms with E-state index in [9.17, 15) is 4.79 Å². The molecule has 0 N–H and O–H groups in total. The molecule has 0 aromatic rings. The van der Waals surface area contributed by atoms with Gasteiger partial charge in [0.1, 0.15) is 0 Å². The van der Waals surface area contributed by atoms with Gasteiger partial charge in [0.25, 0.3) is 0 Å². The first-order chi connectivity index (χ1) is 6.62. The Morgan fingerprint density at radius 2 is 1.73 bits per heavy atom. The Morgan fingerprint density at radius 1 is 1.20 bits per heavy atom. The van der Waals surface area contributed by atoms with E-state index in [1.165, 1.54) is 0 Å². The highest BCUT2D eigenvalue weighted by Crippen LogP contribution is 2.39. The molecule has 86 valence electrons. The van der Waals surface area contributed by atoms with Crippen LogP contribution in [0.25, 0.3) is 0 Å². The quantitative estimate of drug-likeness (QED) is 0.637. The van der Waals surface area contributed by atoms with Crippen molar-refractivity contribution >= 4 is 5.78 Å². The van der Waals surface area contributed by atoms with E-state index in [4.69, 9.17) is 0 Å². The monoisotopic (exact) mass is 208 g/mol.